The summed E-state index contributed by atoms with van der Waals surface area (Å²) in [7, 11) is 3.66. The smallest absolute Gasteiger partial charge is 0.194 e. The first-order chi connectivity index (χ1) is 13.7. The predicted octanol–water partition coefficient (Wildman–Crippen LogP) is 2.15. The second kappa shape index (κ2) is 10.0. The van der Waals surface area contributed by atoms with Gasteiger partial charge in [-0.1, -0.05) is 0 Å². The molecule has 152 valence electrons. The standard InChI is InChI=1S/C21H32N6O/c1-4-22-21(23-11-5-6-18-16-24-25(2)17-18)27-14-12-26(13-15-27)19-7-9-20(28-3)10-8-19/h7-10,16-17H,4-6,11-15H2,1-3H3,(H,22,23). The number of hydrogen-bond donors (Lipinski definition) is 1. The van der Waals surface area contributed by atoms with Gasteiger partial charge in [-0.05, 0) is 49.6 Å². The number of guanidine groups is 1. The highest BCUT2D eigenvalue weighted by molar-refractivity contribution is 5.80. The Kier molecular flexibility index (Phi) is 7.17. The lowest BCUT2D eigenvalue weighted by molar-refractivity contribution is 0.372. The number of methoxy groups -OCH3 is 1. The Morgan fingerprint density at radius 1 is 1.18 bits per heavy atom. The van der Waals surface area contributed by atoms with Crippen LogP contribution in [0.5, 0.6) is 5.75 Å². The van der Waals surface area contributed by atoms with Crippen LogP contribution in [0.25, 0.3) is 0 Å². The molecule has 0 saturated carbocycles. The summed E-state index contributed by atoms with van der Waals surface area (Å²) in [4.78, 5) is 9.64. The van der Waals surface area contributed by atoms with Crippen LogP contribution in [0.1, 0.15) is 18.9 Å². The molecule has 0 aliphatic carbocycles. The molecule has 28 heavy (non-hydrogen) atoms. The predicted molar refractivity (Wildman–Crippen MR) is 114 cm³/mol. The third-order valence-electron chi connectivity index (χ3n) is 5.00. The molecule has 0 spiro atoms. The van der Waals surface area contributed by atoms with Crippen molar-refractivity contribution in [2.75, 3.05) is 51.3 Å². The fraction of sp³-hybridized carbons (Fsp3) is 0.524. The highest BCUT2D eigenvalue weighted by Gasteiger charge is 2.19. The second-order valence-electron chi connectivity index (χ2n) is 7.03. The molecule has 0 atom stereocenters. The van der Waals surface area contributed by atoms with E-state index in [1.54, 1.807) is 7.11 Å². The van der Waals surface area contributed by atoms with Crippen molar-refractivity contribution in [3.05, 3.63) is 42.2 Å². The van der Waals surface area contributed by atoms with Crippen molar-refractivity contribution in [3.63, 3.8) is 0 Å². The maximum atomic E-state index is 5.25. The van der Waals surface area contributed by atoms with Crippen LogP contribution in [0.3, 0.4) is 0 Å². The van der Waals surface area contributed by atoms with Gasteiger partial charge in [0.25, 0.3) is 0 Å². The van der Waals surface area contributed by atoms with E-state index in [1.807, 2.05) is 30.1 Å². The van der Waals surface area contributed by atoms with Crippen molar-refractivity contribution in [1.82, 2.24) is 20.0 Å². The van der Waals surface area contributed by atoms with Crippen LogP contribution in [0.15, 0.2) is 41.7 Å². The normalized spacial score (nSPS) is 15.0. The lowest BCUT2D eigenvalue weighted by Crippen LogP contribution is -2.52. The summed E-state index contributed by atoms with van der Waals surface area (Å²) in [5.74, 6) is 1.93. The first-order valence-corrected chi connectivity index (χ1v) is 10.1. The summed E-state index contributed by atoms with van der Waals surface area (Å²) in [6.07, 6.45) is 6.06. The largest absolute Gasteiger partial charge is 0.497 e. The summed E-state index contributed by atoms with van der Waals surface area (Å²) < 4.78 is 7.10. The first-order valence-electron chi connectivity index (χ1n) is 10.1. The Balaban J connectivity index is 1.50. The van der Waals surface area contributed by atoms with Crippen molar-refractivity contribution >= 4 is 11.6 Å². The van der Waals surface area contributed by atoms with Gasteiger partial charge in [0.05, 0.1) is 13.3 Å². The van der Waals surface area contributed by atoms with E-state index < -0.39 is 0 Å². The van der Waals surface area contributed by atoms with E-state index in [1.165, 1.54) is 11.3 Å². The molecule has 1 aromatic heterocycles. The van der Waals surface area contributed by atoms with Crippen molar-refractivity contribution in [3.8, 4) is 5.75 Å². The van der Waals surface area contributed by atoms with E-state index in [0.29, 0.717) is 0 Å². The number of ether oxygens (including phenoxy) is 1. The van der Waals surface area contributed by atoms with E-state index in [2.05, 4.69) is 45.5 Å². The van der Waals surface area contributed by atoms with Crippen LogP contribution in [0.2, 0.25) is 0 Å². The minimum absolute atomic E-state index is 0.829. The molecule has 1 N–H and O–H groups in total. The number of nitrogens with one attached hydrogen (secondary N) is 1. The topological polar surface area (TPSA) is 57.9 Å². The Morgan fingerprint density at radius 2 is 1.93 bits per heavy atom. The minimum Gasteiger partial charge on any atom is -0.497 e. The summed E-state index contributed by atoms with van der Waals surface area (Å²) in [6, 6.07) is 8.31. The van der Waals surface area contributed by atoms with E-state index >= 15 is 0 Å². The minimum atomic E-state index is 0.829. The van der Waals surface area contributed by atoms with Crippen LogP contribution in [0, 0.1) is 0 Å². The SMILES string of the molecule is CCNC(=NCCCc1cnn(C)c1)N1CCN(c2ccc(OC)cc2)CC1. The molecule has 7 nitrogen and oxygen atoms in total. The molecule has 7 heteroatoms. The molecule has 2 heterocycles. The van der Waals surface area contributed by atoms with Crippen LogP contribution < -0.4 is 15.0 Å². The number of aryl methyl sites for hydroxylation is 2. The number of aromatic nitrogens is 2. The molecule has 0 bridgehead atoms. The number of piperazine rings is 1. The van der Waals surface area contributed by atoms with E-state index in [0.717, 1.165) is 63.8 Å². The van der Waals surface area contributed by atoms with E-state index in [4.69, 9.17) is 9.73 Å². The molecule has 0 radical (unpaired) electrons. The van der Waals surface area contributed by atoms with Gasteiger partial charge in [-0.25, -0.2) is 0 Å². The number of nitrogens with zero attached hydrogens (tertiary/aromatic N) is 5. The zero-order chi connectivity index (χ0) is 19.8. The third kappa shape index (κ3) is 5.41. The highest BCUT2D eigenvalue weighted by Crippen LogP contribution is 2.20. The quantitative estimate of drug-likeness (QED) is 0.450. The maximum absolute atomic E-state index is 5.25. The van der Waals surface area contributed by atoms with Crippen LogP contribution in [0.4, 0.5) is 5.69 Å². The molecular formula is C21H32N6O. The van der Waals surface area contributed by atoms with Gasteiger partial charge < -0.3 is 19.9 Å². The third-order valence-corrected chi connectivity index (χ3v) is 5.00. The zero-order valence-electron chi connectivity index (χ0n) is 17.3. The Labute approximate surface area is 168 Å². The van der Waals surface area contributed by atoms with Crippen LogP contribution >= 0.6 is 0 Å². The number of anilines is 1. The molecule has 2 aromatic rings. The van der Waals surface area contributed by atoms with Crippen molar-refractivity contribution in [2.24, 2.45) is 12.0 Å². The molecule has 1 aromatic carbocycles. The first kappa shape index (κ1) is 20.0. The van der Waals surface area contributed by atoms with Crippen molar-refractivity contribution in [2.45, 2.75) is 19.8 Å². The average Bonchev–Trinajstić information content (AvgIpc) is 3.15. The zero-order valence-corrected chi connectivity index (χ0v) is 17.3. The van der Waals surface area contributed by atoms with Gasteiger partial charge in [0.15, 0.2) is 5.96 Å². The van der Waals surface area contributed by atoms with Gasteiger partial charge in [-0.2, -0.15) is 5.10 Å². The molecule has 3 rings (SSSR count). The van der Waals surface area contributed by atoms with Crippen LogP contribution in [-0.2, 0) is 13.5 Å². The average molecular weight is 385 g/mol. The van der Waals surface area contributed by atoms with Gasteiger partial charge in [0.2, 0.25) is 0 Å². The Morgan fingerprint density at radius 3 is 2.54 bits per heavy atom. The molecule has 1 fully saturated rings. The molecular weight excluding hydrogens is 352 g/mol. The lowest BCUT2D eigenvalue weighted by Gasteiger charge is -2.37. The van der Waals surface area contributed by atoms with Gasteiger partial charge in [0.1, 0.15) is 5.75 Å². The summed E-state index contributed by atoms with van der Waals surface area (Å²) in [5.41, 5.74) is 2.52. The van der Waals surface area contributed by atoms with Gasteiger partial charge in [0, 0.05) is 58.2 Å². The number of hydrogen-bond acceptors (Lipinski definition) is 4. The Hall–Kier alpha value is -2.70. The fourth-order valence-corrected chi connectivity index (χ4v) is 3.46. The van der Waals surface area contributed by atoms with Crippen molar-refractivity contribution < 1.29 is 4.74 Å². The molecule has 0 unspecified atom stereocenters. The molecule has 1 aliphatic heterocycles. The van der Waals surface area contributed by atoms with Gasteiger partial charge in [-0.3, -0.25) is 9.67 Å². The van der Waals surface area contributed by atoms with Gasteiger partial charge in [-0.15, -0.1) is 0 Å². The fourth-order valence-electron chi connectivity index (χ4n) is 3.46. The summed E-state index contributed by atoms with van der Waals surface area (Å²) in [6.45, 7) is 7.77. The monoisotopic (exact) mass is 384 g/mol. The molecule has 1 aliphatic rings. The maximum Gasteiger partial charge on any atom is 0.194 e. The second-order valence-corrected chi connectivity index (χ2v) is 7.03. The van der Waals surface area contributed by atoms with Crippen LogP contribution in [-0.4, -0.2) is 67.0 Å². The summed E-state index contributed by atoms with van der Waals surface area (Å²) in [5, 5.41) is 7.67. The number of rotatable bonds is 7. The highest BCUT2D eigenvalue weighted by atomic mass is 16.5. The van der Waals surface area contributed by atoms with E-state index in [-0.39, 0.29) is 0 Å². The molecule has 0 amide bonds. The summed E-state index contributed by atoms with van der Waals surface area (Å²) >= 11 is 0. The van der Waals surface area contributed by atoms with Gasteiger partial charge >= 0.3 is 0 Å². The molecule has 1 saturated heterocycles. The van der Waals surface area contributed by atoms with Crippen molar-refractivity contribution in [1.29, 1.82) is 0 Å². The number of aliphatic imine (C=N–C) groups is 1. The lowest BCUT2D eigenvalue weighted by atomic mass is 10.2. The number of benzene rings is 1. The Bertz CT molecular complexity index is 747. The van der Waals surface area contributed by atoms with E-state index in [9.17, 15) is 0 Å².